The molecule has 0 saturated heterocycles. The molecule has 4 aromatic heterocycles. The number of hydrogen-bond acceptors (Lipinski definition) is 6. The van der Waals surface area contributed by atoms with Crippen molar-refractivity contribution < 1.29 is 4.42 Å². The summed E-state index contributed by atoms with van der Waals surface area (Å²) >= 11 is 1.73. The van der Waals surface area contributed by atoms with E-state index >= 15 is 0 Å². The van der Waals surface area contributed by atoms with Crippen LogP contribution in [0.4, 0.5) is 5.82 Å². The zero-order valence-corrected chi connectivity index (χ0v) is 17.9. The molecule has 6 heteroatoms. The topological polar surface area (TPSA) is 55.1 Å². The van der Waals surface area contributed by atoms with Crippen molar-refractivity contribution in [2.24, 2.45) is 0 Å². The Balaban J connectivity index is 1.77. The van der Waals surface area contributed by atoms with Crippen molar-refractivity contribution >= 4 is 37.6 Å². The maximum Gasteiger partial charge on any atom is 0.152 e. The average molecular weight is 407 g/mol. The fourth-order valence-electron chi connectivity index (χ4n) is 4.45. The van der Waals surface area contributed by atoms with Gasteiger partial charge in [0.15, 0.2) is 5.76 Å². The van der Waals surface area contributed by atoms with Gasteiger partial charge >= 0.3 is 0 Å². The number of aromatic nitrogens is 3. The molecule has 1 aliphatic rings. The van der Waals surface area contributed by atoms with E-state index in [1.807, 2.05) is 12.1 Å². The summed E-state index contributed by atoms with van der Waals surface area (Å²) in [7, 11) is 0. The molecular formula is C23H26N4OS. The van der Waals surface area contributed by atoms with Crippen molar-refractivity contribution in [1.82, 2.24) is 15.0 Å². The Bertz CT molecular complexity index is 1150. The van der Waals surface area contributed by atoms with Crippen LogP contribution in [0.1, 0.15) is 50.7 Å². The number of hydrogen-bond donors (Lipinski definition) is 0. The molecule has 0 saturated carbocycles. The molecule has 0 unspecified atom stereocenters. The van der Waals surface area contributed by atoms with E-state index in [1.54, 1.807) is 23.9 Å². The second-order valence-corrected chi connectivity index (χ2v) is 8.69. The second-order valence-electron chi connectivity index (χ2n) is 7.69. The largest absolute Gasteiger partial charge is 0.463 e. The molecule has 5 rings (SSSR count). The highest BCUT2D eigenvalue weighted by molar-refractivity contribution is 7.26. The van der Waals surface area contributed by atoms with E-state index in [0.29, 0.717) is 0 Å². The molecule has 0 amide bonds. The predicted octanol–water partition coefficient (Wildman–Crippen LogP) is 6.00. The third-order valence-electron chi connectivity index (χ3n) is 5.92. The molecule has 0 spiro atoms. The number of aryl methyl sites for hydroxylation is 1. The van der Waals surface area contributed by atoms with Gasteiger partial charge in [-0.25, -0.2) is 15.0 Å². The number of furan rings is 1. The molecule has 150 valence electrons. The van der Waals surface area contributed by atoms with Gasteiger partial charge < -0.3 is 9.32 Å². The first-order valence-electron chi connectivity index (χ1n) is 10.7. The third-order valence-corrected chi connectivity index (χ3v) is 6.99. The zero-order valence-electron chi connectivity index (χ0n) is 17.1. The Morgan fingerprint density at radius 3 is 2.76 bits per heavy atom. The van der Waals surface area contributed by atoms with Crippen molar-refractivity contribution in [3.8, 4) is 11.5 Å². The Kier molecular flexibility index (Phi) is 4.96. The SMILES string of the molecule is CCCCN(CC)c1ncnc2c1sc1nc(-c3ccco3)c3c(c12)CCCC3. The molecular weight excluding hydrogens is 380 g/mol. The van der Waals surface area contributed by atoms with Crippen LogP contribution in [0.5, 0.6) is 0 Å². The highest BCUT2D eigenvalue weighted by atomic mass is 32.1. The summed E-state index contributed by atoms with van der Waals surface area (Å²) in [5, 5.41) is 1.24. The molecule has 4 aromatic rings. The molecule has 0 radical (unpaired) electrons. The maximum atomic E-state index is 5.74. The van der Waals surface area contributed by atoms with Crippen LogP contribution in [0.2, 0.25) is 0 Å². The maximum absolute atomic E-state index is 5.74. The highest BCUT2D eigenvalue weighted by Crippen LogP contribution is 2.43. The van der Waals surface area contributed by atoms with E-state index in [4.69, 9.17) is 14.4 Å². The Labute approximate surface area is 174 Å². The molecule has 0 atom stereocenters. The van der Waals surface area contributed by atoms with Gasteiger partial charge in [0.25, 0.3) is 0 Å². The summed E-state index contributed by atoms with van der Waals surface area (Å²) in [5.41, 5.74) is 4.84. The number of nitrogens with zero attached hydrogens (tertiary/aromatic N) is 4. The van der Waals surface area contributed by atoms with Gasteiger partial charge in [0.05, 0.1) is 16.5 Å². The molecule has 0 bridgehead atoms. The van der Waals surface area contributed by atoms with E-state index in [1.165, 1.54) is 42.2 Å². The lowest BCUT2D eigenvalue weighted by atomic mass is 9.88. The first-order chi connectivity index (χ1) is 14.3. The van der Waals surface area contributed by atoms with Gasteiger partial charge in [-0.15, -0.1) is 11.3 Å². The average Bonchev–Trinajstić information content (AvgIpc) is 3.42. The summed E-state index contributed by atoms with van der Waals surface area (Å²) in [6, 6.07) is 3.96. The molecule has 0 N–H and O–H groups in total. The van der Waals surface area contributed by atoms with Crippen LogP contribution < -0.4 is 4.90 Å². The third kappa shape index (κ3) is 3.10. The minimum Gasteiger partial charge on any atom is -0.463 e. The number of unbranched alkanes of at least 4 members (excludes halogenated alkanes) is 1. The number of anilines is 1. The van der Waals surface area contributed by atoms with Crippen molar-refractivity contribution in [1.29, 1.82) is 0 Å². The zero-order chi connectivity index (χ0) is 19.8. The van der Waals surface area contributed by atoms with Gasteiger partial charge in [-0.1, -0.05) is 13.3 Å². The number of rotatable bonds is 6. The van der Waals surface area contributed by atoms with Crippen molar-refractivity contribution in [2.75, 3.05) is 18.0 Å². The van der Waals surface area contributed by atoms with Gasteiger partial charge in [-0.05, 0) is 62.3 Å². The van der Waals surface area contributed by atoms with Gasteiger partial charge in [-0.3, -0.25) is 0 Å². The fourth-order valence-corrected chi connectivity index (χ4v) is 5.63. The van der Waals surface area contributed by atoms with Crippen molar-refractivity contribution in [2.45, 2.75) is 52.4 Å². The predicted molar refractivity (Wildman–Crippen MR) is 120 cm³/mol. The Morgan fingerprint density at radius 2 is 2.00 bits per heavy atom. The molecule has 5 nitrogen and oxygen atoms in total. The summed E-state index contributed by atoms with van der Waals surface area (Å²) in [4.78, 5) is 18.0. The first-order valence-corrected chi connectivity index (χ1v) is 11.5. The van der Waals surface area contributed by atoms with E-state index in [-0.39, 0.29) is 0 Å². The molecule has 29 heavy (non-hydrogen) atoms. The standard InChI is InChI=1S/C23H26N4OS/c1-3-5-12-27(4-2)22-21-20(24-14-25-22)18-15-9-6-7-10-16(15)19(26-23(18)29-21)17-11-8-13-28-17/h8,11,13-14H,3-7,9-10,12H2,1-2H3. The van der Waals surface area contributed by atoms with Crippen LogP contribution in [0.15, 0.2) is 29.1 Å². The van der Waals surface area contributed by atoms with E-state index in [9.17, 15) is 0 Å². The fraction of sp³-hybridized carbons (Fsp3) is 0.435. The highest BCUT2D eigenvalue weighted by Gasteiger charge is 2.25. The monoisotopic (exact) mass is 406 g/mol. The molecule has 1 aliphatic carbocycles. The van der Waals surface area contributed by atoms with E-state index in [2.05, 4.69) is 23.7 Å². The lowest BCUT2D eigenvalue weighted by molar-refractivity contribution is 0.577. The van der Waals surface area contributed by atoms with Crippen molar-refractivity contribution in [3.63, 3.8) is 0 Å². The number of thiophene rings is 1. The summed E-state index contributed by atoms with van der Waals surface area (Å²) < 4.78 is 6.90. The second kappa shape index (κ2) is 7.75. The van der Waals surface area contributed by atoms with Crippen LogP contribution in [-0.2, 0) is 12.8 Å². The summed E-state index contributed by atoms with van der Waals surface area (Å²) in [5.74, 6) is 1.92. The van der Waals surface area contributed by atoms with Crippen LogP contribution in [-0.4, -0.2) is 28.0 Å². The van der Waals surface area contributed by atoms with Gasteiger partial charge in [0.2, 0.25) is 0 Å². The molecule has 0 aromatic carbocycles. The van der Waals surface area contributed by atoms with Crippen molar-refractivity contribution in [3.05, 3.63) is 35.9 Å². The lowest BCUT2D eigenvalue weighted by Crippen LogP contribution is -2.24. The molecule has 0 aliphatic heterocycles. The van der Waals surface area contributed by atoms with Crippen LogP contribution in [0, 0.1) is 0 Å². The molecule has 0 fully saturated rings. The van der Waals surface area contributed by atoms with Crippen LogP contribution in [0.3, 0.4) is 0 Å². The Morgan fingerprint density at radius 1 is 1.14 bits per heavy atom. The number of pyridine rings is 1. The number of fused-ring (bicyclic) bond motifs is 5. The van der Waals surface area contributed by atoms with E-state index < -0.39 is 0 Å². The normalized spacial score (nSPS) is 13.9. The molecule has 4 heterocycles. The minimum absolute atomic E-state index is 0.868. The van der Waals surface area contributed by atoms with Crippen LogP contribution in [0.25, 0.3) is 31.9 Å². The minimum atomic E-state index is 0.868. The summed E-state index contributed by atoms with van der Waals surface area (Å²) in [6.45, 7) is 6.40. The van der Waals surface area contributed by atoms with Crippen LogP contribution >= 0.6 is 11.3 Å². The van der Waals surface area contributed by atoms with Gasteiger partial charge in [-0.2, -0.15) is 0 Å². The van der Waals surface area contributed by atoms with E-state index in [0.717, 1.165) is 58.3 Å². The lowest BCUT2D eigenvalue weighted by Gasteiger charge is -2.22. The smallest absolute Gasteiger partial charge is 0.152 e. The quantitative estimate of drug-likeness (QED) is 0.393. The van der Waals surface area contributed by atoms with Gasteiger partial charge in [0, 0.05) is 18.5 Å². The summed E-state index contributed by atoms with van der Waals surface area (Å²) in [6.07, 6.45) is 10.4. The Hall–Kier alpha value is -2.47. The van der Waals surface area contributed by atoms with Gasteiger partial charge in [0.1, 0.15) is 22.7 Å². The first kappa shape index (κ1) is 18.6.